The topological polar surface area (TPSA) is 58.6 Å². The Hall–Kier alpha value is -1.75. The van der Waals surface area contributed by atoms with Crippen molar-refractivity contribution >= 4 is 23.6 Å². The van der Waals surface area contributed by atoms with Crippen LogP contribution in [0.3, 0.4) is 0 Å². The number of hydrogen-bond donors (Lipinski definition) is 1. The van der Waals surface area contributed by atoms with E-state index in [1.54, 1.807) is 17.0 Å². The second kappa shape index (κ2) is 9.98. The fourth-order valence-electron chi connectivity index (χ4n) is 3.20. The van der Waals surface area contributed by atoms with Crippen LogP contribution in [0.5, 0.6) is 0 Å². The van der Waals surface area contributed by atoms with Crippen LogP contribution in [-0.2, 0) is 4.74 Å². The highest BCUT2D eigenvalue weighted by molar-refractivity contribution is 6.33. The summed E-state index contributed by atoms with van der Waals surface area (Å²) in [7, 11) is 0. The molecule has 1 saturated carbocycles. The summed E-state index contributed by atoms with van der Waals surface area (Å²) < 4.78 is 5.21. The Bertz CT molecular complexity index is 631. The Labute approximate surface area is 167 Å². The van der Waals surface area contributed by atoms with E-state index in [0.29, 0.717) is 16.6 Å². The number of carbonyl (C=O) groups is 2. The van der Waals surface area contributed by atoms with Crippen molar-refractivity contribution in [3.8, 4) is 0 Å². The van der Waals surface area contributed by atoms with E-state index in [2.05, 4.69) is 5.32 Å². The standard InChI is InChI=1S/C12H14ClNO.C9H17NO2/c13-11-8-4-3-7-10(11)12(15)14-9-5-1-2-6-9;1-9(2,3)12-8(11)10-6-4-5-7-10/h3-4,7-9H,1-2,5-6H2,(H,14,15);4-7H2,1-3H3. The molecular formula is C21H31ClN2O3. The van der Waals surface area contributed by atoms with Crippen LogP contribution in [0.2, 0.25) is 5.02 Å². The third-order valence-corrected chi connectivity index (χ3v) is 4.90. The number of ether oxygens (including phenoxy) is 1. The lowest BCUT2D eigenvalue weighted by molar-refractivity contribution is 0.0295. The van der Waals surface area contributed by atoms with Crippen LogP contribution in [-0.4, -0.2) is 41.6 Å². The molecule has 2 aliphatic rings. The van der Waals surface area contributed by atoms with Crippen molar-refractivity contribution in [2.24, 2.45) is 0 Å². The third kappa shape index (κ3) is 7.41. The first kappa shape index (κ1) is 21.5. The minimum Gasteiger partial charge on any atom is -0.444 e. The van der Waals surface area contributed by atoms with Gasteiger partial charge in [-0.25, -0.2) is 4.79 Å². The molecule has 1 aromatic rings. The summed E-state index contributed by atoms with van der Waals surface area (Å²) in [5.41, 5.74) is 0.214. The van der Waals surface area contributed by atoms with Crippen molar-refractivity contribution in [3.05, 3.63) is 34.9 Å². The first-order valence-corrected chi connectivity index (χ1v) is 10.2. The molecule has 5 nitrogen and oxygen atoms in total. The van der Waals surface area contributed by atoms with E-state index in [1.165, 1.54) is 12.8 Å². The highest BCUT2D eigenvalue weighted by Crippen LogP contribution is 2.20. The lowest BCUT2D eigenvalue weighted by Crippen LogP contribution is -2.34. The molecule has 0 atom stereocenters. The molecule has 2 amide bonds. The maximum Gasteiger partial charge on any atom is 0.410 e. The van der Waals surface area contributed by atoms with Gasteiger partial charge < -0.3 is 15.0 Å². The number of halogens is 1. The van der Waals surface area contributed by atoms with Crippen molar-refractivity contribution in [1.29, 1.82) is 0 Å². The molecule has 1 N–H and O–H groups in total. The highest BCUT2D eigenvalue weighted by atomic mass is 35.5. The van der Waals surface area contributed by atoms with E-state index >= 15 is 0 Å². The van der Waals surface area contributed by atoms with E-state index in [1.807, 2.05) is 32.9 Å². The maximum absolute atomic E-state index is 11.8. The number of amides is 2. The fourth-order valence-corrected chi connectivity index (χ4v) is 3.43. The van der Waals surface area contributed by atoms with Gasteiger partial charge in [0, 0.05) is 19.1 Å². The summed E-state index contributed by atoms with van der Waals surface area (Å²) in [6, 6.07) is 7.50. The van der Waals surface area contributed by atoms with Crippen molar-refractivity contribution in [3.63, 3.8) is 0 Å². The van der Waals surface area contributed by atoms with Gasteiger partial charge in [-0.05, 0) is 58.6 Å². The molecule has 6 heteroatoms. The minimum atomic E-state index is -0.361. The lowest BCUT2D eigenvalue weighted by Gasteiger charge is -2.23. The minimum absolute atomic E-state index is 0.0486. The number of rotatable bonds is 2. The molecule has 2 fully saturated rings. The van der Waals surface area contributed by atoms with Gasteiger partial charge in [-0.3, -0.25) is 4.79 Å². The summed E-state index contributed by atoms with van der Waals surface area (Å²) in [6.07, 6.45) is 6.67. The van der Waals surface area contributed by atoms with Crippen LogP contribution >= 0.6 is 11.6 Å². The number of nitrogens with zero attached hydrogens (tertiary/aromatic N) is 1. The molecule has 27 heavy (non-hydrogen) atoms. The Kier molecular flexibility index (Phi) is 7.96. The summed E-state index contributed by atoms with van der Waals surface area (Å²) >= 11 is 5.94. The molecular weight excluding hydrogens is 364 g/mol. The smallest absolute Gasteiger partial charge is 0.410 e. The van der Waals surface area contributed by atoms with E-state index in [9.17, 15) is 9.59 Å². The summed E-state index contributed by atoms with van der Waals surface area (Å²) in [4.78, 5) is 25.0. The fraction of sp³-hybridized carbons (Fsp3) is 0.619. The monoisotopic (exact) mass is 394 g/mol. The molecule has 1 aliphatic carbocycles. The van der Waals surface area contributed by atoms with Crippen LogP contribution in [0.1, 0.15) is 69.7 Å². The van der Waals surface area contributed by atoms with Crippen LogP contribution in [0, 0.1) is 0 Å². The lowest BCUT2D eigenvalue weighted by atomic mass is 10.2. The van der Waals surface area contributed by atoms with Crippen molar-refractivity contribution in [1.82, 2.24) is 10.2 Å². The quantitative estimate of drug-likeness (QED) is 0.765. The van der Waals surface area contributed by atoms with Gasteiger partial charge in [0.05, 0.1) is 10.6 Å². The average Bonchev–Trinajstić information content (AvgIpc) is 3.28. The van der Waals surface area contributed by atoms with Gasteiger partial charge in [0.1, 0.15) is 5.60 Å². The molecule has 1 heterocycles. The summed E-state index contributed by atoms with van der Waals surface area (Å²) in [5.74, 6) is -0.0486. The second-order valence-electron chi connectivity index (χ2n) is 8.11. The van der Waals surface area contributed by atoms with E-state index in [4.69, 9.17) is 16.3 Å². The molecule has 0 unspecified atom stereocenters. The zero-order valence-electron chi connectivity index (χ0n) is 16.6. The van der Waals surface area contributed by atoms with E-state index in [-0.39, 0.29) is 17.6 Å². The maximum atomic E-state index is 11.8. The zero-order chi connectivity index (χ0) is 19.9. The zero-order valence-corrected chi connectivity index (χ0v) is 17.3. The molecule has 0 radical (unpaired) electrons. The van der Waals surface area contributed by atoms with Crippen molar-refractivity contribution < 1.29 is 14.3 Å². The van der Waals surface area contributed by atoms with E-state index in [0.717, 1.165) is 38.8 Å². The highest BCUT2D eigenvalue weighted by Gasteiger charge is 2.24. The molecule has 0 bridgehead atoms. The molecule has 3 rings (SSSR count). The van der Waals surface area contributed by atoms with Crippen LogP contribution in [0.15, 0.2) is 24.3 Å². The molecule has 1 aromatic carbocycles. The Morgan fingerprint density at radius 2 is 1.67 bits per heavy atom. The first-order chi connectivity index (χ1) is 12.8. The van der Waals surface area contributed by atoms with Crippen molar-refractivity contribution in [2.75, 3.05) is 13.1 Å². The van der Waals surface area contributed by atoms with Crippen LogP contribution in [0.25, 0.3) is 0 Å². The number of hydrogen-bond acceptors (Lipinski definition) is 3. The van der Waals surface area contributed by atoms with Gasteiger partial charge >= 0.3 is 6.09 Å². The van der Waals surface area contributed by atoms with Gasteiger partial charge in [-0.1, -0.05) is 36.6 Å². The molecule has 150 valence electrons. The summed E-state index contributed by atoms with van der Waals surface area (Å²) in [5, 5.41) is 3.53. The number of benzene rings is 1. The van der Waals surface area contributed by atoms with Crippen LogP contribution < -0.4 is 5.32 Å². The third-order valence-electron chi connectivity index (χ3n) is 4.57. The van der Waals surface area contributed by atoms with Gasteiger partial charge in [0.25, 0.3) is 5.91 Å². The van der Waals surface area contributed by atoms with Crippen LogP contribution in [0.4, 0.5) is 4.79 Å². The normalized spacial score (nSPS) is 17.3. The second-order valence-corrected chi connectivity index (χ2v) is 8.52. The van der Waals surface area contributed by atoms with Crippen molar-refractivity contribution in [2.45, 2.75) is 70.9 Å². The summed E-state index contributed by atoms with van der Waals surface area (Å²) in [6.45, 7) is 7.38. The average molecular weight is 395 g/mol. The first-order valence-electron chi connectivity index (χ1n) is 9.79. The molecule has 0 spiro atoms. The molecule has 0 aromatic heterocycles. The van der Waals surface area contributed by atoms with Gasteiger partial charge in [-0.15, -0.1) is 0 Å². The Morgan fingerprint density at radius 3 is 2.22 bits per heavy atom. The molecule has 1 saturated heterocycles. The van der Waals surface area contributed by atoms with Gasteiger partial charge in [0.15, 0.2) is 0 Å². The predicted octanol–water partition coefficient (Wildman–Crippen LogP) is 5.03. The number of likely N-dealkylation sites (tertiary alicyclic amines) is 1. The van der Waals surface area contributed by atoms with Gasteiger partial charge in [0.2, 0.25) is 0 Å². The number of nitrogens with one attached hydrogen (secondary N) is 1. The van der Waals surface area contributed by atoms with Gasteiger partial charge in [-0.2, -0.15) is 0 Å². The Morgan fingerprint density at radius 1 is 1.07 bits per heavy atom. The predicted molar refractivity (Wildman–Crippen MR) is 108 cm³/mol. The Balaban J connectivity index is 0.000000199. The molecule has 1 aliphatic heterocycles. The van der Waals surface area contributed by atoms with E-state index < -0.39 is 0 Å². The number of carbonyl (C=O) groups excluding carboxylic acids is 2. The largest absolute Gasteiger partial charge is 0.444 e. The SMILES string of the molecule is CC(C)(C)OC(=O)N1CCCC1.O=C(NC1CCCC1)c1ccccc1Cl.